The highest BCUT2D eigenvalue weighted by Gasteiger charge is 2.71. The molecule has 4 nitrogen and oxygen atoms in total. The van der Waals surface area contributed by atoms with Crippen LogP contribution in [0, 0.1) is 56.7 Å². The van der Waals surface area contributed by atoms with E-state index in [2.05, 4.69) is 53.4 Å². The van der Waals surface area contributed by atoms with Crippen LogP contribution in [0.2, 0.25) is 0 Å². The highest BCUT2D eigenvalue weighted by Crippen LogP contribution is 2.77. The Hall–Kier alpha value is -1.55. The zero-order valence-electron chi connectivity index (χ0n) is 25.4. The van der Waals surface area contributed by atoms with Crippen LogP contribution >= 0.6 is 0 Å². The van der Waals surface area contributed by atoms with Gasteiger partial charge in [-0.1, -0.05) is 46.8 Å². The first-order chi connectivity index (χ1) is 18.3. The predicted molar refractivity (Wildman–Crippen MR) is 156 cm³/mol. The van der Waals surface area contributed by atoms with Crippen molar-refractivity contribution in [1.29, 1.82) is 0 Å². The van der Waals surface area contributed by atoms with Gasteiger partial charge < -0.3 is 14.8 Å². The molecule has 0 aromatic carbocycles. The van der Waals surface area contributed by atoms with E-state index in [1.165, 1.54) is 31.3 Å². The van der Waals surface area contributed by atoms with Crippen molar-refractivity contribution >= 4 is 5.91 Å². The molecule has 0 saturated heterocycles. The smallest absolute Gasteiger partial charge is 0.226 e. The summed E-state index contributed by atoms with van der Waals surface area (Å²) >= 11 is 0. The molecule has 1 unspecified atom stereocenters. The van der Waals surface area contributed by atoms with Crippen molar-refractivity contribution in [2.45, 2.75) is 118 Å². The quantitative estimate of drug-likeness (QED) is 0.385. The Labute approximate surface area is 236 Å². The summed E-state index contributed by atoms with van der Waals surface area (Å²) in [5.74, 6) is 3.69. The lowest BCUT2D eigenvalue weighted by atomic mass is 9.32. The summed E-state index contributed by atoms with van der Waals surface area (Å²) < 4.78 is 5.54. The molecule has 216 valence electrons. The van der Waals surface area contributed by atoms with Crippen LogP contribution in [0.4, 0.5) is 0 Å². The predicted octanol–water partition coefficient (Wildman–Crippen LogP) is 7.91. The number of allylic oxidation sites excluding steroid dienone is 1. The van der Waals surface area contributed by atoms with Crippen LogP contribution in [-0.2, 0) is 11.3 Å². The first-order valence-corrected chi connectivity index (χ1v) is 16.0. The van der Waals surface area contributed by atoms with Gasteiger partial charge in [-0.15, -0.1) is 0 Å². The van der Waals surface area contributed by atoms with Crippen molar-refractivity contribution < 1.29 is 14.3 Å². The third-order valence-electron chi connectivity index (χ3n) is 14.5. The Morgan fingerprint density at radius 3 is 2.44 bits per heavy atom. The summed E-state index contributed by atoms with van der Waals surface area (Å²) in [5, 5.41) is 14.3. The molecular formula is C35H53NO3. The molecule has 4 heteroatoms. The molecule has 6 rings (SSSR count). The highest BCUT2D eigenvalue weighted by molar-refractivity contribution is 5.83. The second kappa shape index (κ2) is 8.97. The summed E-state index contributed by atoms with van der Waals surface area (Å²) in [6, 6.07) is 3.84. The van der Waals surface area contributed by atoms with Gasteiger partial charge in [0.15, 0.2) is 0 Å². The summed E-state index contributed by atoms with van der Waals surface area (Å²) in [6.45, 7) is 19.7. The maximum absolute atomic E-state index is 14.1. The maximum atomic E-state index is 14.1. The van der Waals surface area contributed by atoms with E-state index in [0.29, 0.717) is 36.1 Å². The second-order valence-electron chi connectivity index (χ2n) is 16.0. The summed E-state index contributed by atoms with van der Waals surface area (Å²) in [6.07, 6.45) is 12.8. The summed E-state index contributed by atoms with van der Waals surface area (Å²) in [4.78, 5) is 14.1. The number of fused-ring (bicyclic) bond motifs is 7. The molecule has 5 aliphatic carbocycles. The molecule has 0 radical (unpaired) electrons. The number of carbonyl (C=O) groups is 1. The van der Waals surface area contributed by atoms with E-state index in [1.807, 2.05) is 12.1 Å². The fourth-order valence-electron chi connectivity index (χ4n) is 12.3. The van der Waals surface area contributed by atoms with Crippen molar-refractivity contribution in [3.8, 4) is 0 Å². The zero-order valence-corrected chi connectivity index (χ0v) is 25.4. The van der Waals surface area contributed by atoms with Gasteiger partial charge in [0.05, 0.1) is 24.3 Å². The second-order valence-corrected chi connectivity index (χ2v) is 16.0. The standard InChI is InChI=1S/C35H53NO3/c1-22(2)24-12-17-35(30(38)36-21-23-9-8-20-39-23)19-18-33(6)25(29(24)35)10-11-27-32(5)15-14-28(37)31(3,4)26(32)13-16-34(27,33)7/h8-9,20,24-29,37H,1,10-19,21H2,2-7H3,(H,36,38)/t24-,25+,26-,27+,28-,29?,32-,33+,34+,35-/m0/s1. The van der Waals surface area contributed by atoms with Gasteiger partial charge in [-0.05, 0) is 135 Å². The van der Waals surface area contributed by atoms with Gasteiger partial charge >= 0.3 is 0 Å². The average Bonchev–Trinajstić information content (AvgIpc) is 3.54. The number of carbonyl (C=O) groups excluding carboxylic acids is 1. The van der Waals surface area contributed by atoms with Gasteiger partial charge in [-0.3, -0.25) is 4.79 Å². The molecule has 5 saturated carbocycles. The van der Waals surface area contributed by atoms with Crippen molar-refractivity contribution in [1.82, 2.24) is 5.32 Å². The largest absolute Gasteiger partial charge is 0.467 e. The molecule has 1 heterocycles. The monoisotopic (exact) mass is 535 g/mol. The van der Waals surface area contributed by atoms with E-state index < -0.39 is 0 Å². The van der Waals surface area contributed by atoms with Crippen LogP contribution in [0.25, 0.3) is 0 Å². The fourth-order valence-corrected chi connectivity index (χ4v) is 12.3. The van der Waals surface area contributed by atoms with Crippen molar-refractivity contribution in [3.63, 3.8) is 0 Å². The molecular weight excluding hydrogens is 482 g/mol. The lowest BCUT2D eigenvalue weighted by molar-refractivity contribution is -0.246. The van der Waals surface area contributed by atoms with E-state index in [1.54, 1.807) is 6.26 Å². The van der Waals surface area contributed by atoms with Crippen molar-refractivity contribution in [2.75, 3.05) is 0 Å². The SMILES string of the molecule is C=C(C)[C@@H]1CC[C@]2(C(=O)NCc3ccco3)CC[C@]3(C)[C@H](CC[C@@H]4[C@@]5(C)CC[C@H](O)C(C)(C)[C@@H]5CC[C@]43C)C12. The van der Waals surface area contributed by atoms with Crippen LogP contribution in [0.3, 0.4) is 0 Å². The number of aliphatic hydroxyl groups is 1. The third-order valence-corrected chi connectivity index (χ3v) is 14.5. The van der Waals surface area contributed by atoms with Gasteiger partial charge in [-0.25, -0.2) is 0 Å². The topological polar surface area (TPSA) is 62.5 Å². The van der Waals surface area contributed by atoms with Crippen LogP contribution in [0.5, 0.6) is 0 Å². The van der Waals surface area contributed by atoms with E-state index in [0.717, 1.165) is 44.3 Å². The van der Waals surface area contributed by atoms with E-state index in [9.17, 15) is 9.90 Å². The molecule has 5 fully saturated rings. The van der Waals surface area contributed by atoms with Crippen LogP contribution in [0.1, 0.15) is 112 Å². The van der Waals surface area contributed by atoms with Crippen LogP contribution in [0.15, 0.2) is 35.0 Å². The van der Waals surface area contributed by atoms with Gasteiger partial charge in [-0.2, -0.15) is 0 Å². The average molecular weight is 536 g/mol. The van der Waals surface area contributed by atoms with E-state index >= 15 is 0 Å². The third kappa shape index (κ3) is 3.61. The minimum absolute atomic E-state index is 0.0175. The van der Waals surface area contributed by atoms with Gasteiger partial charge in [0.1, 0.15) is 5.76 Å². The molecule has 2 N–H and O–H groups in total. The molecule has 10 atom stereocenters. The Kier molecular flexibility index (Phi) is 6.35. The number of nitrogens with one attached hydrogen (secondary N) is 1. The number of rotatable bonds is 4. The van der Waals surface area contributed by atoms with Crippen LogP contribution in [-0.4, -0.2) is 17.1 Å². The van der Waals surface area contributed by atoms with E-state index in [4.69, 9.17) is 4.42 Å². The first kappa shape index (κ1) is 27.6. The van der Waals surface area contributed by atoms with Crippen LogP contribution < -0.4 is 5.32 Å². The Balaban J connectivity index is 1.35. The minimum Gasteiger partial charge on any atom is -0.467 e. The Bertz CT molecular complexity index is 1120. The maximum Gasteiger partial charge on any atom is 0.226 e. The molecule has 39 heavy (non-hydrogen) atoms. The number of amides is 1. The molecule has 0 spiro atoms. The number of hydrogen-bond donors (Lipinski definition) is 2. The highest BCUT2D eigenvalue weighted by atomic mass is 16.3. The Morgan fingerprint density at radius 2 is 1.74 bits per heavy atom. The van der Waals surface area contributed by atoms with Gasteiger partial charge in [0, 0.05) is 0 Å². The molecule has 5 aliphatic rings. The molecule has 0 aliphatic heterocycles. The zero-order chi connectivity index (χ0) is 28.0. The lowest BCUT2D eigenvalue weighted by Crippen LogP contribution is -2.67. The molecule has 0 bridgehead atoms. The molecule has 1 aromatic heterocycles. The number of aliphatic hydroxyl groups excluding tert-OH is 1. The van der Waals surface area contributed by atoms with Gasteiger partial charge in [0.25, 0.3) is 0 Å². The Morgan fingerprint density at radius 1 is 0.974 bits per heavy atom. The number of furan rings is 1. The molecule has 1 aromatic rings. The minimum atomic E-state index is -0.290. The normalized spacial score (nSPS) is 48.3. The summed E-state index contributed by atoms with van der Waals surface area (Å²) in [5.41, 5.74) is 1.73. The van der Waals surface area contributed by atoms with Gasteiger partial charge in [0.2, 0.25) is 5.91 Å². The van der Waals surface area contributed by atoms with Crippen molar-refractivity contribution in [3.05, 3.63) is 36.3 Å². The number of hydrogen-bond acceptors (Lipinski definition) is 3. The van der Waals surface area contributed by atoms with E-state index in [-0.39, 0.29) is 39.1 Å². The lowest BCUT2D eigenvalue weighted by Gasteiger charge is -2.72. The summed E-state index contributed by atoms with van der Waals surface area (Å²) in [7, 11) is 0. The first-order valence-electron chi connectivity index (χ1n) is 16.0. The van der Waals surface area contributed by atoms with Crippen molar-refractivity contribution in [2.24, 2.45) is 56.7 Å². The fraction of sp³-hybridized carbons (Fsp3) is 0.800. The molecule has 1 amide bonds.